The number of methoxy groups -OCH3 is 3. The summed E-state index contributed by atoms with van der Waals surface area (Å²) in [4.78, 5) is 39.1. The van der Waals surface area contributed by atoms with Gasteiger partial charge in [-0.3, -0.25) is 14.2 Å². The van der Waals surface area contributed by atoms with Crippen LogP contribution in [0.25, 0.3) is 5.69 Å². The van der Waals surface area contributed by atoms with Crippen molar-refractivity contribution in [2.24, 2.45) is 0 Å². The van der Waals surface area contributed by atoms with Crippen LogP contribution in [0.2, 0.25) is 5.02 Å². The lowest BCUT2D eigenvalue weighted by Crippen LogP contribution is -2.46. The Morgan fingerprint density at radius 3 is 2.45 bits per heavy atom. The quantitative estimate of drug-likeness (QED) is 0.467. The summed E-state index contributed by atoms with van der Waals surface area (Å²) >= 11 is 6.23. The van der Waals surface area contributed by atoms with Crippen LogP contribution >= 0.6 is 11.6 Å². The maximum absolute atomic E-state index is 13.3. The first-order valence-corrected chi connectivity index (χ1v) is 10.3. The van der Waals surface area contributed by atoms with E-state index in [0.717, 1.165) is 9.25 Å². The molecule has 0 fully saturated rings. The van der Waals surface area contributed by atoms with Gasteiger partial charge in [0.15, 0.2) is 11.5 Å². The van der Waals surface area contributed by atoms with Crippen LogP contribution in [0.1, 0.15) is 16.1 Å². The van der Waals surface area contributed by atoms with Crippen LogP contribution < -0.4 is 26.0 Å². The van der Waals surface area contributed by atoms with Gasteiger partial charge in [-0.2, -0.15) is 9.78 Å². The molecule has 0 unspecified atom stereocenters. The zero-order valence-electron chi connectivity index (χ0n) is 18.3. The molecule has 0 radical (unpaired) electrons. The number of hydrogen-bond donors (Lipinski definition) is 1. The van der Waals surface area contributed by atoms with Crippen molar-refractivity contribution in [3.63, 3.8) is 0 Å². The van der Waals surface area contributed by atoms with Gasteiger partial charge in [-0.25, -0.2) is 4.79 Å². The van der Waals surface area contributed by atoms with Gasteiger partial charge < -0.3 is 19.5 Å². The number of carbonyl (C=O) groups is 1. The van der Waals surface area contributed by atoms with Crippen molar-refractivity contribution in [2.75, 3.05) is 34.5 Å². The number of nitrogens with one attached hydrogen (secondary N) is 1. The number of ether oxygens (including phenoxy) is 3. The molecule has 0 atom stereocenters. The highest BCUT2D eigenvalue weighted by atomic mass is 35.5. The van der Waals surface area contributed by atoms with E-state index in [-0.39, 0.29) is 25.4 Å². The highest BCUT2D eigenvalue weighted by Gasteiger charge is 2.21. The first-order valence-electron chi connectivity index (χ1n) is 9.88. The fourth-order valence-corrected chi connectivity index (χ4v) is 3.26. The number of halogens is 1. The van der Waals surface area contributed by atoms with Crippen LogP contribution in [0.3, 0.4) is 0 Å². The smallest absolute Gasteiger partial charge is 0.352 e. The lowest BCUT2D eigenvalue weighted by atomic mass is 10.2. The number of hydrogen-bond acceptors (Lipinski definition) is 7. The molecule has 0 spiro atoms. The number of carbonyl (C=O) groups excluding carboxylic acids is 1. The average Bonchev–Trinajstić information content (AvgIpc) is 2.82. The van der Waals surface area contributed by atoms with Gasteiger partial charge in [0.1, 0.15) is 0 Å². The number of benzene rings is 2. The first-order chi connectivity index (χ1) is 15.9. The SMILES string of the molecule is COCCNC(=O)c1nn(-c2ccc(OC)c(OC)c2)c(=O)n(Cc2ccccc2Cl)c1=O. The Kier molecular flexibility index (Phi) is 7.86. The van der Waals surface area contributed by atoms with Crippen molar-refractivity contribution in [3.8, 4) is 17.2 Å². The summed E-state index contributed by atoms with van der Waals surface area (Å²) in [6, 6.07) is 11.5. The van der Waals surface area contributed by atoms with Crippen LogP contribution in [0.5, 0.6) is 11.5 Å². The molecule has 0 saturated carbocycles. The standard InChI is InChI=1S/C22H23ClN4O6/c1-31-11-10-24-20(28)19-21(29)26(13-14-6-4-5-7-16(14)23)22(30)27(25-19)15-8-9-17(32-2)18(12-15)33-3/h4-9,12H,10-11,13H2,1-3H3,(H,24,28). The van der Waals surface area contributed by atoms with Gasteiger partial charge in [0.25, 0.3) is 11.5 Å². The van der Waals surface area contributed by atoms with Gasteiger partial charge in [0.05, 0.1) is 33.1 Å². The molecule has 0 saturated heterocycles. The van der Waals surface area contributed by atoms with Crippen molar-refractivity contribution in [1.29, 1.82) is 0 Å². The molecule has 3 rings (SSSR count). The van der Waals surface area contributed by atoms with E-state index in [4.69, 9.17) is 25.8 Å². The van der Waals surface area contributed by atoms with E-state index in [1.165, 1.54) is 27.4 Å². The number of amides is 1. The zero-order chi connectivity index (χ0) is 24.0. The molecule has 1 N–H and O–H groups in total. The summed E-state index contributed by atoms with van der Waals surface area (Å²) in [6.45, 7) is 0.261. The van der Waals surface area contributed by atoms with E-state index < -0.39 is 22.9 Å². The molecule has 2 aromatic carbocycles. The summed E-state index contributed by atoms with van der Waals surface area (Å²) in [5, 5.41) is 7.00. The number of aromatic nitrogens is 3. The van der Waals surface area contributed by atoms with E-state index in [2.05, 4.69) is 10.4 Å². The van der Waals surface area contributed by atoms with E-state index in [1.807, 2.05) is 0 Å². The third kappa shape index (κ3) is 5.24. The van der Waals surface area contributed by atoms with Gasteiger partial charge in [-0.05, 0) is 23.8 Å². The summed E-state index contributed by atoms with van der Waals surface area (Å²) in [7, 11) is 4.41. The van der Waals surface area contributed by atoms with Gasteiger partial charge in [-0.15, -0.1) is 0 Å². The average molecular weight is 475 g/mol. The topological polar surface area (TPSA) is 114 Å². The summed E-state index contributed by atoms with van der Waals surface area (Å²) < 4.78 is 17.3. The third-order valence-corrected chi connectivity index (χ3v) is 5.13. The predicted molar refractivity (Wildman–Crippen MR) is 122 cm³/mol. The molecule has 0 bridgehead atoms. The molecule has 1 heterocycles. The highest BCUT2D eigenvalue weighted by molar-refractivity contribution is 6.31. The van der Waals surface area contributed by atoms with Gasteiger partial charge >= 0.3 is 5.69 Å². The lowest BCUT2D eigenvalue weighted by molar-refractivity contribution is 0.0927. The number of rotatable bonds is 9. The monoisotopic (exact) mass is 474 g/mol. The maximum atomic E-state index is 13.3. The van der Waals surface area contributed by atoms with Crippen molar-refractivity contribution in [3.05, 3.63) is 79.6 Å². The van der Waals surface area contributed by atoms with Crippen LogP contribution in [0.4, 0.5) is 0 Å². The normalized spacial score (nSPS) is 10.7. The van der Waals surface area contributed by atoms with Gasteiger partial charge in [0, 0.05) is 24.7 Å². The molecule has 1 aromatic heterocycles. The minimum atomic E-state index is -0.841. The predicted octanol–water partition coefficient (Wildman–Crippen LogP) is 1.49. The van der Waals surface area contributed by atoms with Gasteiger partial charge in [-0.1, -0.05) is 29.8 Å². The Hall–Kier alpha value is -3.63. The molecule has 10 nitrogen and oxygen atoms in total. The van der Waals surface area contributed by atoms with Crippen LogP contribution in [0, 0.1) is 0 Å². The molecule has 11 heteroatoms. The fourth-order valence-electron chi connectivity index (χ4n) is 3.07. The second-order valence-electron chi connectivity index (χ2n) is 6.81. The molecule has 174 valence electrons. The molecular weight excluding hydrogens is 452 g/mol. The molecule has 0 aliphatic rings. The fraction of sp³-hybridized carbons (Fsp3) is 0.273. The Morgan fingerprint density at radius 1 is 1.06 bits per heavy atom. The van der Waals surface area contributed by atoms with Crippen LogP contribution in [-0.4, -0.2) is 54.7 Å². The second kappa shape index (κ2) is 10.8. The molecule has 0 aliphatic carbocycles. The Morgan fingerprint density at radius 2 is 1.79 bits per heavy atom. The molecule has 0 aliphatic heterocycles. The Bertz CT molecular complexity index is 1270. The lowest BCUT2D eigenvalue weighted by Gasteiger charge is -2.14. The molecular formula is C22H23ClN4O6. The van der Waals surface area contributed by atoms with Gasteiger partial charge in [0.2, 0.25) is 5.69 Å². The number of nitrogens with zero attached hydrogens (tertiary/aromatic N) is 3. The second-order valence-corrected chi connectivity index (χ2v) is 7.22. The van der Waals surface area contributed by atoms with Crippen molar-refractivity contribution < 1.29 is 19.0 Å². The van der Waals surface area contributed by atoms with Crippen LogP contribution in [0.15, 0.2) is 52.1 Å². The minimum Gasteiger partial charge on any atom is -0.493 e. The van der Waals surface area contributed by atoms with E-state index in [9.17, 15) is 14.4 Å². The molecule has 1 amide bonds. The first kappa shape index (κ1) is 24.0. The summed E-state index contributed by atoms with van der Waals surface area (Å²) in [6.07, 6.45) is 0. The van der Waals surface area contributed by atoms with Crippen molar-refractivity contribution in [2.45, 2.75) is 6.54 Å². The maximum Gasteiger partial charge on any atom is 0.352 e. The highest BCUT2D eigenvalue weighted by Crippen LogP contribution is 2.28. The Balaban J connectivity index is 2.19. The van der Waals surface area contributed by atoms with Crippen molar-refractivity contribution >= 4 is 17.5 Å². The minimum absolute atomic E-state index is 0.147. The van der Waals surface area contributed by atoms with E-state index >= 15 is 0 Å². The van der Waals surface area contributed by atoms with E-state index in [0.29, 0.717) is 22.1 Å². The summed E-state index contributed by atoms with van der Waals surface area (Å²) in [5.74, 6) is 0.0501. The Labute approximate surface area is 194 Å². The van der Waals surface area contributed by atoms with E-state index in [1.54, 1.807) is 36.4 Å². The van der Waals surface area contributed by atoms with Crippen LogP contribution in [-0.2, 0) is 11.3 Å². The zero-order valence-corrected chi connectivity index (χ0v) is 19.1. The molecule has 3 aromatic rings. The summed E-state index contributed by atoms with van der Waals surface area (Å²) in [5.41, 5.74) is -1.23. The third-order valence-electron chi connectivity index (χ3n) is 4.76. The van der Waals surface area contributed by atoms with Crippen molar-refractivity contribution in [1.82, 2.24) is 19.7 Å². The molecule has 33 heavy (non-hydrogen) atoms. The largest absolute Gasteiger partial charge is 0.493 e.